The topological polar surface area (TPSA) is 115 Å². The number of ether oxygens (including phenoxy) is 1. The number of rotatable bonds is 7. The zero-order chi connectivity index (χ0) is 20.5. The van der Waals surface area contributed by atoms with Crippen LogP contribution in [0.2, 0.25) is 10.0 Å². The maximum Gasteiger partial charge on any atom is 0.375 e. The smallest absolute Gasteiger partial charge is 0.375 e. The molecule has 0 unspecified atom stereocenters. The van der Waals surface area contributed by atoms with Crippen LogP contribution in [0.25, 0.3) is 0 Å². The lowest BCUT2D eigenvalue weighted by atomic mass is 10.3. The Labute approximate surface area is 171 Å². The molecule has 3 rings (SSSR count). The molecule has 1 fully saturated rings. The third kappa shape index (κ3) is 5.05. The second-order valence-electron chi connectivity index (χ2n) is 6.18. The van der Waals surface area contributed by atoms with Crippen molar-refractivity contribution in [2.75, 3.05) is 5.32 Å². The number of carbonyl (C=O) groups is 2. The molecule has 150 valence electrons. The van der Waals surface area contributed by atoms with Crippen LogP contribution in [-0.2, 0) is 19.6 Å². The lowest BCUT2D eigenvalue weighted by molar-refractivity contribution is -0.123. The number of sulfonamides is 1. The lowest BCUT2D eigenvalue weighted by Crippen LogP contribution is -2.30. The highest BCUT2D eigenvalue weighted by Gasteiger charge is 2.31. The molecule has 0 spiro atoms. The Morgan fingerprint density at radius 1 is 1.21 bits per heavy atom. The Balaban J connectivity index is 1.62. The summed E-state index contributed by atoms with van der Waals surface area (Å²) in [7, 11) is -3.83. The van der Waals surface area contributed by atoms with E-state index in [1.54, 1.807) is 6.07 Å². The van der Waals surface area contributed by atoms with Gasteiger partial charge in [-0.1, -0.05) is 23.2 Å². The molecule has 2 N–H and O–H groups in total. The van der Waals surface area contributed by atoms with Crippen molar-refractivity contribution in [2.24, 2.45) is 0 Å². The van der Waals surface area contributed by atoms with Crippen molar-refractivity contribution in [3.05, 3.63) is 46.1 Å². The first kappa shape index (κ1) is 20.7. The van der Waals surface area contributed by atoms with E-state index in [0.717, 1.165) is 18.9 Å². The first-order valence-electron chi connectivity index (χ1n) is 8.25. The number of nitrogens with one attached hydrogen (secondary N) is 2. The molecule has 1 atom stereocenters. The number of anilines is 1. The molecule has 1 aliphatic carbocycles. The molecule has 0 saturated heterocycles. The molecule has 0 bridgehead atoms. The van der Waals surface area contributed by atoms with Gasteiger partial charge in [0.1, 0.15) is 0 Å². The average molecular weight is 447 g/mol. The van der Waals surface area contributed by atoms with E-state index in [4.69, 9.17) is 32.4 Å². The Kier molecular flexibility index (Phi) is 5.99. The molecule has 0 radical (unpaired) electrons. The SMILES string of the molecule is C[C@H](OC(=O)c1ccc(S(=O)(=O)NC2CC2)o1)C(=O)Nc1cc(Cl)ccc1Cl. The van der Waals surface area contributed by atoms with Gasteiger partial charge in [-0.25, -0.2) is 17.9 Å². The summed E-state index contributed by atoms with van der Waals surface area (Å²) < 4.78 is 36.7. The van der Waals surface area contributed by atoms with Gasteiger partial charge in [-0.3, -0.25) is 4.79 Å². The van der Waals surface area contributed by atoms with Crippen molar-refractivity contribution in [3.63, 3.8) is 0 Å². The normalized spacial score (nSPS) is 15.1. The van der Waals surface area contributed by atoms with Crippen molar-refractivity contribution in [1.82, 2.24) is 4.72 Å². The monoisotopic (exact) mass is 446 g/mol. The molecule has 1 saturated carbocycles. The number of halogens is 2. The van der Waals surface area contributed by atoms with Gasteiger partial charge in [0, 0.05) is 11.1 Å². The van der Waals surface area contributed by atoms with Gasteiger partial charge in [-0.15, -0.1) is 0 Å². The van der Waals surface area contributed by atoms with E-state index in [9.17, 15) is 18.0 Å². The van der Waals surface area contributed by atoms with Crippen LogP contribution >= 0.6 is 23.2 Å². The minimum Gasteiger partial charge on any atom is -0.447 e. The van der Waals surface area contributed by atoms with Gasteiger partial charge in [-0.2, -0.15) is 0 Å². The third-order valence-electron chi connectivity index (χ3n) is 3.79. The number of esters is 1. The zero-order valence-corrected chi connectivity index (χ0v) is 16.9. The highest BCUT2D eigenvalue weighted by atomic mass is 35.5. The molecular weight excluding hydrogens is 431 g/mol. The summed E-state index contributed by atoms with van der Waals surface area (Å²) in [5.41, 5.74) is 0.264. The molecule has 1 aliphatic rings. The highest BCUT2D eigenvalue weighted by molar-refractivity contribution is 7.89. The molecule has 0 aliphatic heterocycles. The van der Waals surface area contributed by atoms with Crippen LogP contribution in [0.1, 0.15) is 30.3 Å². The summed E-state index contributed by atoms with van der Waals surface area (Å²) in [4.78, 5) is 24.4. The minimum absolute atomic E-state index is 0.104. The number of carbonyl (C=O) groups excluding carboxylic acids is 2. The Hall–Kier alpha value is -2.07. The van der Waals surface area contributed by atoms with Crippen LogP contribution in [0.5, 0.6) is 0 Å². The minimum atomic E-state index is -3.83. The first-order chi connectivity index (χ1) is 13.2. The number of hydrogen-bond acceptors (Lipinski definition) is 6. The van der Waals surface area contributed by atoms with Crippen LogP contribution in [0, 0.1) is 0 Å². The van der Waals surface area contributed by atoms with Gasteiger partial charge in [0.05, 0.1) is 10.7 Å². The van der Waals surface area contributed by atoms with Gasteiger partial charge >= 0.3 is 5.97 Å². The standard InChI is InChI=1S/C17H16Cl2N2O6S/c1-9(16(22)20-13-8-10(18)2-5-12(13)19)26-17(23)14-6-7-15(27-14)28(24,25)21-11-3-4-11/h2,5-9,11,21H,3-4H2,1H3,(H,20,22)/t9-/m0/s1. The largest absolute Gasteiger partial charge is 0.447 e. The van der Waals surface area contributed by atoms with E-state index >= 15 is 0 Å². The van der Waals surface area contributed by atoms with Crippen molar-refractivity contribution >= 4 is 50.8 Å². The van der Waals surface area contributed by atoms with Crippen LogP contribution in [-0.4, -0.2) is 32.4 Å². The molecule has 1 amide bonds. The van der Waals surface area contributed by atoms with Crippen LogP contribution < -0.4 is 10.0 Å². The number of furan rings is 1. The summed E-state index contributed by atoms with van der Waals surface area (Å²) in [5.74, 6) is -1.96. The molecule has 2 aromatic rings. The van der Waals surface area contributed by atoms with Crippen molar-refractivity contribution in [3.8, 4) is 0 Å². The predicted octanol–water partition coefficient (Wildman–Crippen LogP) is 3.21. The molecule has 1 aromatic heterocycles. The number of benzene rings is 1. The molecular formula is C17H16Cl2N2O6S. The Morgan fingerprint density at radius 2 is 1.93 bits per heavy atom. The van der Waals surface area contributed by atoms with E-state index < -0.39 is 33.1 Å². The van der Waals surface area contributed by atoms with Crippen LogP contribution in [0.3, 0.4) is 0 Å². The summed E-state index contributed by atoms with van der Waals surface area (Å²) in [6.07, 6.45) is 0.327. The quantitative estimate of drug-likeness (QED) is 0.630. The van der Waals surface area contributed by atoms with Crippen molar-refractivity contribution in [1.29, 1.82) is 0 Å². The average Bonchev–Trinajstić information content (AvgIpc) is 3.26. The summed E-state index contributed by atoms with van der Waals surface area (Å²) in [6, 6.07) is 6.74. The maximum atomic E-state index is 12.2. The summed E-state index contributed by atoms with van der Waals surface area (Å²) >= 11 is 11.8. The fourth-order valence-corrected chi connectivity index (χ4v) is 3.73. The second-order valence-corrected chi connectivity index (χ2v) is 8.66. The van der Waals surface area contributed by atoms with E-state index in [-0.39, 0.29) is 22.5 Å². The van der Waals surface area contributed by atoms with Crippen LogP contribution in [0.15, 0.2) is 39.8 Å². The predicted molar refractivity (Wildman–Crippen MR) is 102 cm³/mol. The van der Waals surface area contributed by atoms with Gasteiger partial charge in [0.2, 0.25) is 10.9 Å². The molecule has 11 heteroatoms. The number of hydrogen-bond donors (Lipinski definition) is 2. The van der Waals surface area contributed by atoms with Gasteiger partial charge in [0.15, 0.2) is 6.10 Å². The molecule has 1 aromatic carbocycles. The summed E-state index contributed by atoms with van der Waals surface area (Å²) in [5, 5.41) is 2.74. The zero-order valence-electron chi connectivity index (χ0n) is 14.6. The Morgan fingerprint density at radius 3 is 2.61 bits per heavy atom. The van der Waals surface area contributed by atoms with E-state index in [2.05, 4.69) is 10.0 Å². The first-order valence-corrected chi connectivity index (χ1v) is 10.5. The van der Waals surface area contributed by atoms with Gasteiger partial charge < -0.3 is 14.5 Å². The Bertz CT molecular complexity index is 1020. The van der Waals surface area contributed by atoms with Crippen LogP contribution in [0.4, 0.5) is 5.69 Å². The highest BCUT2D eigenvalue weighted by Crippen LogP contribution is 2.26. The van der Waals surface area contributed by atoms with Crippen molar-refractivity contribution in [2.45, 2.75) is 37.0 Å². The lowest BCUT2D eigenvalue weighted by Gasteiger charge is -2.13. The number of amides is 1. The maximum absolute atomic E-state index is 12.2. The fraction of sp³-hybridized carbons (Fsp3) is 0.294. The van der Waals surface area contributed by atoms with Gasteiger partial charge in [-0.05, 0) is 50.1 Å². The molecule has 8 nitrogen and oxygen atoms in total. The van der Waals surface area contributed by atoms with E-state index in [1.807, 2.05) is 0 Å². The fourth-order valence-electron chi connectivity index (χ4n) is 2.15. The third-order valence-corrected chi connectivity index (χ3v) is 5.74. The van der Waals surface area contributed by atoms with Crippen molar-refractivity contribution < 1.29 is 27.2 Å². The van der Waals surface area contributed by atoms with E-state index in [1.165, 1.54) is 25.1 Å². The summed E-state index contributed by atoms with van der Waals surface area (Å²) in [6.45, 7) is 1.35. The van der Waals surface area contributed by atoms with E-state index in [0.29, 0.717) is 5.02 Å². The molecule has 1 heterocycles. The molecule has 28 heavy (non-hydrogen) atoms. The second kappa shape index (κ2) is 8.12. The van der Waals surface area contributed by atoms with Gasteiger partial charge in [0.25, 0.3) is 15.9 Å².